The lowest BCUT2D eigenvalue weighted by Gasteiger charge is -2.53. The lowest BCUT2D eigenvalue weighted by Crippen LogP contribution is -2.48. The maximum atomic E-state index is 5.85. The third-order valence-electron chi connectivity index (χ3n) is 9.56. The molecule has 4 aliphatic rings. The lowest BCUT2D eigenvalue weighted by molar-refractivity contribution is 0.00735. The molecule has 0 radical (unpaired) electrons. The van der Waals surface area contributed by atoms with Gasteiger partial charge in [-0.05, 0) is 98.4 Å². The molecular weight excluding hydrogens is 354 g/mol. The molecule has 3 aliphatic carbocycles. The maximum absolute atomic E-state index is 5.85. The summed E-state index contributed by atoms with van der Waals surface area (Å²) in [4.78, 5) is 2.56. The van der Waals surface area contributed by atoms with Crippen LogP contribution in [0.2, 0.25) is 0 Å². The van der Waals surface area contributed by atoms with Crippen LogP contribution in [0.3, 0.4) is 0 Å². The van der Waals surface area contributed by atoms with Crippen LogP contribution in [0.5, 0.6) is 0 Å². The van der Waals surface area contributed by atoms with E-state index in [2.05, 4.69) is 43.5 Å². The Labute approximate surface area is 178 Å². The van der Waals surface area contributed by atoms with Gasteiger partial charge in [0.15, 0.2) is 0 Å². The number of fused-ring (bicyclic) bond motifs is 1. The van der Waals surface area contributed by atoms with Crippen LogP contribution in [0.1, 0.15) is 78.1 Å². The molecule has 5 unspecified atom stereocenters. The molecule has 0 aromatic carbocycles. The molecule has 1 aliphatic heterocycles. The van der Waals surface area contributed by atoms with Gasteiger partial charge in [0.1, 0.15) is 0 Å². The number of piperidine rings is 1. The van der Waals surface area contributed by atoms with E-state index in [1.165, 1.54) is 87.6 Å². The molecule has 0 amide bonds. The smallest absolute Gasteiger partial charge is 0.0172 e. The molecule has 5 atom stereocenters. The number of allylic oxidation sites excluding steroid dienone is 3. The average molecular weight is 398 g/mol. The monoisotopic (exact) mass is 397 g/mol. The highest BCUT2D eigenvalue weighted by molar-refractivity contribution is 5.34. The first-order chi connectivity index (χ1) is 13.9. The zero-order chi connectivity index (χ0) is 20.6. The predicted octanol–water partition coefficient (Wildman–Crippen LogP) is 5.56. The molecule has 0 aromatic heterocycles. The van der Waals surface area contributed by atoms with Crippen molar-refractivity contribution in [2.45, 2.75) is 78.1 Å². The van der Waals surface area contributed by atoms with E-state index in [-0.39, 0.29) is 0 Å². The molecule has 3 N–H and O–H groups in total. The van der Waals surface area contributed by atoms with Gasteiger partial charge in [0, 0.05) is 25.8 Å². The first-order valence-corrected chi connectivity index (χ1v) is 12.1. The summed E-state index contributed by atoms with van der Waals surface area (Å²) < 4.78 is 0. The van der Waals surface area contributed by atoms with Gasteiger partial charge in [-0.15, -0.1) is 0 Å². The van der Waals surface area contributed by atoms with E-state index in [1.807, 2.05) is 0 Å². The van der Waals surface area contributed by atoms with Crippen LogP contribution < -0.4 is 11.3 Å². The average Bonchev–Trinajstić information content (AvgIpc) is 3.01. The Morgan fingerprint density at radius 3 is 2.62 bits per heavy atom. The van der Waals surface area contributed by atoms with Gasteiger partial charge in [0.25, 0.3) is 0 Å². The van der Waals surface area contributed by atoms with Crippen molar-refractivity contribution in [1.82, 2.24) is 10.3 Å². The second-order valence-electron chi connectivity index (χ2n) is 11.1. The van der Waals surface area contributed by atoms with E-state index in [0.717, 1.165) is 24.8 Å². The number of hydrogen-bond donors (Lipinski definition) is 2. The largest absolute Gasteiger partial charge is 0.377 e. The quantitative estimate of drug-likeness (QED) is 0.370. The molecule has 1 saturated heterocycles. The third-order valence-corrected chi connectivity index (χ3v) is 9.56. The van der Waals surface area contributed by atoms with Gasteiger partial charge in [0.2, 0.25) is 0 Å². The fourth-order valence-electron chi connectivity index (χ4n) is 7.21. The van der Waals surface area contributed by atoms with Crippen molar-refractivity contribution in [3.8, 4) is 0 Å². The van der Waals surface area contributed by atoms with Gasteiger partial charge in [0.05, 0.1) is 0 Å². The summed E-state index contributed by atoms with van der Waals surface area (Å²) in [7, 11) is 0. The Kier molecular flexibility index (Phi) is 6.01. The molecule has 0 spiro atoms. The van der Waals surface area contributed by atoms with E-state index < -0.39 is 0 Å². The van der Waals surface area contributed by atoms with Crippen LogP contribution in [-0.2, 0) is 0 Å². The minimum absolute atomic E-state index is 0.306. The maximum Gasteiger partial charge on any atom is 0.0172 e. The zero-order valence-corrected chi connectivity index (χ0v) is 18.9. The Balaban J connectivity index is 1.57. The minimum atomic E-state index is 0.306. The van der Waals surface area contributed by atoms with Crippen LogP contribution in [0.4, 0.5) is 0 Å². The van der Waals surface area contributed by atoms with Crippen molar-refractivity contribution in [3.63, 3.8) is 0 Å². The Bertz CT molecular complexity index is 673. The molecule has 3 saturated carbocycles. The van der Waals surface area contributed by atoms with Gasteiger partial charge in [-0.3, -0.25) is 11.3 Å². The standard InChI is InChI=1S/C26H43N3/c1-19-14-24(17-28-27)26(4,16-21(19)18-29-12-6-5-7-13-29)23-10-11-25(3)20(2)8-9-22(25)15-23/h18,22-24,28H,1-2,5-17,27H2,3-4H3/b21-18+. The number of nitrogens with two attached hydrogens (primary N) is 1. The molecule has 1 heterocycles. The second-order valence-corrected chi connectivity index (χ2v) is 11.1. The van der Waals surface area contributed by atoms with Crippen LogP contribution in [-0.4, -0.2) is 24.5 Å². The first kappa shape index (κ1) is 21.2. The molecule has 29 heavy (non-hydrogen) atoms. The summed E-state index contributed by atoms with van der Waals surface area (Å²) in [6.45, 7) is 17.3. The summed E-state index contributed by atoms with van der Waals surface area (Å²) in [5, 5.41) is 0. The molecule has 4 rings (SSSR count). The minimum Gasteiger partial charge on any atom is -0.377 e. The predicted molar refractivity (Wildman–Crippen MR) is 123 cm³/mol. The summed E-state index contributed by atoms with van der Waals surface area (Å²) in [5.74, 6) is 8.04. The van der Waals surface area contributed by atoms with Crippen molar-refractivity contribution in [1.29, 1.82) is 0 Å². The van der Waals surface area contributed by atoms with E-state index in [0.29, 0.717) is 16.7 Å². The van der Waals surface area contributed by atoms with Crippen LogP contribution in [0, 0.1) is 28.6 Å². The van der Waals surface area contributed by atoms with Crippen LogP contribution >= 0.6 is 0 Å². The molecular formula is C26H43N3. The number of hydrazine groups is 1. The third kappa shape index (κ3) is 3.85. The Hall–Kier alpha value is -1.06. The van der Waals surface area contributed by atoms with Crippen LogP contribution in [0.15, 0.2) is 36.1 Å². The number of hydrogen-bond acceptors (Lipinski definition) is 3. The number of nitrogens with zero attached hydrogens (tertiary/aromatic N) is 1. The molecule has 3 heteroatoms. The Morgan fingerprint density at radius 2 is 1.90 bits per heavy atom. The van der Waals surface area contributed by atoms with E-state index >= 15 is 0 Å². The first-order valence-electron chi connectivity index (χ1n) is 12.1. The summed E-state index contributed by atoms with van der Waals surface area (Å²) in [6.07, 6.45) is 15.4. The summed E-state index contributed by atoms with van der Waals surface area (Å²) in [5.41, 5.74) is 8.12. The highest BCUT2D eigenvalue weighted by Crippen LogP contribution is 2.61. The van der Waals surface area contributed by atoms with Gasteiger partial charge >= 0.3 is 0 Å². The highest BCUT2D eigenvalue weighted by atomic mass is 15.2. The Morgan fingerprint density at radius 1 is 1.14 bits per heavy atom. The van der Waals surface area contributed by atoms with Gasteiger partial charge in [-0.25, -0.2) is 0 Å². The summed E-state index contributed by atoms with van der Waals surface area (Å²) in [6, 6.07) is 0. The normalized spacial score (nSPS) is 42.4. The molecule has 0 bridgehead atoms. The molecule has 0 aromatic rings. The van der Waals surface area contributed by atoms with E-state index in [9.17, 15) is 0 Å². The lowest BCUT2D eigenvalue weighted by atomic mass is 9.52. The SMILES string of the molecule is C=C1CC(CNN)C(C)(C2CCC3(C)C(=C)CCC3C2)C/C1=C\N1CCCCC1. The van der Waals surface area contributed by atoms with E-state index in [1.54, 1.807) is 0 Å². The summed E-state index contributed by atoms with van der Waals surface area (Å²) >= 11 is 0. The zero-order valence-electron chi connectivity index (χ0n) is 18.9. The number of likely N-dealkylation sites (tertiary alicyclic amines) is 1. The van der Waals surface area contributed by atoms with Crippen LogP contribution in [0.25, 0.3) is 0 Å². The van der Waals surface area contributed by atoms with Gasteiger partial charge in [-0.2, -0.15) is 0 Å². The fourth-order valence-corrected chi connectivity index (χ4v) is 7.21. The van der Waals surface area contributed by atoms with Crippen molar-refractivity contribution in [2.24, 2.45) is 34.4 Å². The second kappa shape index (κ2) is 8.23. The van der Waals surface area contributed by atoms with E-state index in [4.69, 9.17) is 5.84 Å². The fraction of sp³-hybridized carbons (Fsp3) is 0.769. The highest BCUT2D eigenvalue weighted by Gasteiger charge is 2.52. The van der Waals surface area contributed by atoms with Gasteiger partial charge in [-0.1, -0.05) is 38.2 Å². The molecule has 162 valence electrons. The number of nitrogens with one attached hydrogen (secondary N) is 1. The van der Waals surface area contributed by atoms with Gasteiger partial charge < -0.3 is 4.90 Å². The molecule has 3 nitrogen and oxygen atoms in total. The topological polar surface area (TPSA) is 41.3 Å². The van der Waals surface area contributed by atoms with Crippen molar-refractivity contribution < 1.29 is 0 Å². The van der Waals surface area contributed by atoms with Crippen molar-refractivity contribution >= 4 is 0 Å². The molecule has 4 fully saturated rings. The van der Waals surface area contributed by atoms with Crippen molar-refractivity contribution in [3.05, 3.63) is 36.1 Å². The number of rotatable bonds is 4. The van der Waals surface area contributed by atoms with Crippen molar-refractivity contribution in [2.75, 3.05) is 19.6 Å².